The van der Waals surface area contributed by atoms with Crippen LogP contribution in [0.4, 0.5) is 0 Å². The van der Waals surface area contributed by atoms with E-state index in [-0.39, 0.29) is 17.1 Å². The zero-order chi connectivity index (χ0) is 22.1. The Balaban J connectivity index is 1.99. The minimum atomic E-state index is -0.329. The van der Waals surface area contributed by atoms with Gasteiger partial charge in [-0.25, -0.2) is 0 Å². The number of ether oxygens (including phenoxy) is 2. The summed E-state index contributed by atoms with van der Waals surface area (Å²) in [5.74, 6) is 0.847. The molecule has 2 aromatic carbocycles. The Morgan fingerprint density at radius 3 is 2.45 bits per heavy atom. The molecule has 0 spiro atoms. The standard InChI is InChI=1S/C26H31NO4/c1-3-5-6-7-8-12-17-27-23-16-15-21(30-18-4-2)19-22(23)24(28)25(26(27)29)31-20-13-10-9-11-14-20/h4,9-11,13-16,18-19,28H,3,5-8,12,17H2,1-2H3. The number of aromatic nitrogens is 1. The molecule has 0 aliphatic carbocycles. The molecule has 0 amide bonds. The maximum absolute atomic E-state index is 13.3. The lowest BCUT2D eigenvalue weighted by Gasteiger charge is -2.16. The van der Waals surface area contributed by atoms with Gasteiger partial charge in [0.2, 0.25) is 5.75 Å². The van der Waals surface area contributed by atoms with E-state index in [1.165, 1.54) is 19.3 Å². The number of fused-ring (bicyclic) bond motifs is 1. The van der Waals surface area contributed by atoms with Gasteiger partial charge in [0, 0.05) is 11.9 Å². The van der Waals surface area contributed by atoms with E-state index in [4.69, 9.17) is 9.47 Å². The van der Waals surface area contributed by atoms with E-state index in [1.54, 1.807) is 41.2 Å². The fourth-order valence-corrected chi connectivity index (χ4v) is 3.59. The number of benzene rings is 2. The first-order valence-corrected chi connectivity index (χ1v) is 11.1. The molecule has 1 heterocycles. The Labute approximate surface area is 183 Å². The number of unbranched alkanes of at least 4 members (excludes halogenated alkanes) is 5. The van der Waals surface area contributed by atoms with Gasteiger partial charge in [0.1, 0.15) is 11.5 Å². The molecule has 0 aliphatic rings. The second-order valence-electron chi connectivity index (χ2n) is 7.58. The quantitative estimate of drug-likeness (QED) is 0.274. The van der Waals surface area contributed by atoms with Gasteiger partial charge in [-0.1, -0.05) is 63.3 Å². The van der Waals surface area contributed by atoms with E-state index in [0.717, 1.165) is 19.3 Å². The van der Waals surface area contributed by atoms with E-state index in [1.807, 2.05) is 31.2 Å². The Morgan fingerprint density at radius 2 is 1.71 bits per heavy atom. The van der Waals surface area contributed by atoms with Gasteiger partial charge in [-0.3, -0.25) is 4.79 Å². The minimum absolute atomic E-state index is 0.0622. The van der Waals surface area contributed by atoms with Crippen molar-refractivity contribution < 1.29 is 14.6 Å². The van der Waals surface area contributed by atoms with E-state index in [2.05, 4.69) is 6.92 Å². The molecule has 1 N–H and O–H groups in total. The molecule has 0 radical (unpaired) electrons. The number of aromatic hydroxyl groups is 1. The second-order valence-corrected chi connectivity index (χ2v) is 7.58. The van der Waals surface area contributed by atoms with Gasteiger partial charge in [0.05, 0.1) is 11.8 Å². The number of aryl methyl sites for hydroxylation is 1. The fraction of sp³-hybridized carbons (Fsp3) is 0.346. The minimum Gasteiger partial charge on any atom is -0.504 e. The average Bonchev–Trinajstić information content (AvgIpc) is 2.80. The van der Waals surface area contributed by atoms with Crippen LogP contribution in [0.2, 0.25) is 0 Å². The number of nitrogens with zero attached hydrogens (tertiary/aromatic N) is 1. The fourth-order valence-electron chi connectivity index (χ4n) is 3.59. The Kier molecular flexibility index (Phi) is 8.16. The predicted molar refractivity (Wildman–Crippen MR) is 125 cm³/mol. The number of rotatable bonds is 11. The van der Waals surface area contributed by atoms with Crippen LogP contribution < -0.4 is 15.0 Å². The van der Waals surface area contributed by atoms with Crippen LogP contribution in [0.5, 0.6) is 23.0 Å². The van der Waals surface area contributed by atoms with Crippen molar-refractivity contribution in [2.45, 2.75) is 58.9 Å². The summed E-state index contributed by atoms with van der Waals surface area (Å²) in [6, 6.07) is 14.4. The molecular formula is C26H31NO4. The smallest absolute Gasteiger partial charge is 0.297 e. The summed E-state index contributed by atoms with van der Waals surface area (Å²) in [4.78, 5) is 13.3. The van der Waals surface area contributed by atoms with Crippen LogP contribution in [0.25, 0.3) is 10.9 Å². The molecule has 0 aliphatic heterocycles. The highest BCUT2D eigenvalue weighted by Gasteiger charge is 2.19. The van der Waals surface area contributed by atoms with Crippen molar-refractivity contribution in [2.24, 2.45) is 0 Å². The molecule has 3 rings (SSSR count). The van der Waals surface area contributed by atoms with E-state index in [9.17, 15) is 9.90 Å². The molecule has 5 nitrogen and oxygen atoms in total. The van der Waals surface area contributed by atoms with Gasteiger partial charge in [0.25, 0.3) is 5.56 Å². The maximum atomic E-state index is 13.3. The second kappa shape index (κ2) is 11.3. The highest BCUT2D eigenvalue weighted by molar-refractivity contribution is 5.89. The molecule has 5 heteroatoms. The average molecular weight is 422 g/mol. The highest BCUT2D eigenvalue weighted by Crippen LogP contribution is 2.36. The first-order valence-electron chi connectivity index (χ1n) is 11.1. The van der Waals surface area contributed by atoms with Crippen molar-refractivity contribution in [1.82, 2.24) is 4.57 Å². The summed E-state index contributed by atoms with van der Waals surface area (Å²) in [6.07, 6.45) is 10.1. The Morgan fingerprint density at radius 1 is 0.968 bits per heavy atom. The highest BCUT2D eigenvalue weighted by atomic mass is 16.5. The Bertz CT molecular complexity index is 1070. The lowest BCUT2D eigenvalue weighted by Crippen LogP contribution is -2.22. The SMILES string of the molecule is CC=COc1ccc2c(c1)c(O)c(Oc1ccccc1)c(=O)n2CCCCCCCC. The van der Waals surface area contributed by atoms with Crippen LogP contribution in [0, 0.1) is 0 Å². The summed E-state index contributed by atoms with van der Waals surface area (Å²) < 4.78 is 13.1. The van der Waals surface area contributed by atoms with Crippen LogP contribution in [0.1, 0.15) is 52.4 Å². The van der Waals surface area contributed by atoms with Crippen molar-refractivity contribution in [3.63, 3.8) is 0 Å². The first kappa shape index (κ1) is 22.5. The molecule has 0 saturated carbocycles. The summed E-state index contributed by atoms with van der Waals surface area (Å²) in [5.41, 5.74) is 0.342. The third kappa shape index (κ3) is 5.69. The number of hydrogen-bond donors (Lipinski definition) is 1. The van der Waals surface area contributed by atoms with Gasteiger partial charge < -0.3 is 19.1 Å². The van der Waals surface area contributed by atoms with Crippen molar-refractivity contribution in [1.29, 1.82) is 0 Å². The summed E-state index contributed by atoms with van der Waals surface area (Å²) >= 11 is 0. The molecule has 0 saturated heterocycles. The van der Waals surface area contributed by atoms with Crippen molar-refractivity contribution >= 4 is 10.9 Å². The maximum Gasteiger partial charge on any atom is 0.297 e. The van der Waals surface area contributed by atoms with Crippen LogP contribution in [0.15, 0.2) is 65.7 Å². The van der Waals surface area contributed by atoms with Crippen LogP contribution >= 0.6 is 0 Å². The third-order valence-electron chi connectivity index (χ3n) is 5.21. The molecular weight excluding hydrogens is 390 g/mol. The number of pyridine rings is 1. The molecule has 0 fully saturated rings. The van der Waals surface area contributed by atoms with Crippen LogP contribution in [0.3, 0.4) is 0 Å². The van der Waals surface area contributed by atoms with E-state index in [0.29, 0.717) is 28.9 Å². The third-order valence-corrected chi connectivity index (χ3v) is 5.21. The lowest BCUT2D eigenvalue weighted by molar-refractivity contribution is 0.404. The summed E-state index contributed by atoms with van der Waals surface area (Å²) in [5, 5.41) is 11.4. The Hall–Kier alpha value is -3.21. The molecule has 1 aromatic heterocycles. The molecule has 0 atom stereocenters. The number of hydrogen-bond acceptors (Lipinski definition) is 4. The predicted octanol–water partition coefficient (Wildman–Crippen LogP) is 6.77. The van der Waals surface area contributed by atoms with E-state index >= 15 is 0 Å². The van der Waals surface area contributed by atoms with Crippen molar-refractivity contribution in [2.75, 3.05) is 0 Å². The van der Waals surface area contributed by atoms with Gasteiger partial charge in [-0.2, -0.15) is 0 Å². The van der Waals surface area contributed by atoms with Gasteiger partial charge in [0.15, 0.2) is 5.75 Å². The zero-order valence-electron chi connectivity index (χ0n) is 18.3. The number of allylic oxidation sites excluding steroid dienone is 1. The van der Waals surface area contributed by atoms with Crippen molar-refractivity contribution in [3.05, 3.63) is 71.2 Å². The van der Waals surface area contributed by atoms with E-state index < -0.39 is 0 Å². The molecule has 3 aromatic rings. The summed E-state index contributed by atoms with van der Waals surface area (Å²) in [7, 11) is 0. The van der Waals surface area contributed by atoms with Gasteiger partial charge >= 0.3 is 0 Å². The first-order chi connectivity index (χ1) is 15.2. The lowest BCUT2D eigenvalue weighted by atomic mass is 10.1. The van der Waals surface area contributed by atoms with Gasteiger partial charge in [-0.05, 0) is 43.7 Å². The van der Waals surface area contributed by atoms with Crippen LogP contribution in [-0.4, -0.2) is 9.67 Å². The van der Waals surface area contributed by atoms with Crippen LogP contribution in [-0.2, 0) is 6.54 Å². The zero-order valence-corrected chi connectivity index (χ0v) is 18.3. The van der Waals surface area contributed by atoms with Crippen molar-refractivity contribution in [3.8, 4) is 23.0 Å². The molecule has 0 bridgehead atoms. The largest absolute Gasteiger partial charge is 0.504 e. The molecule has 164 valence electrons. The number of para-hydroxylation sites is 1. The monoisotopic (exact) mass is 421 g/mol. The molecule has 0 unspecified atom stereocenters. The van der Waals surface area contributed by atoms with Gasteiger partial charge in [-0.15, -0.1) is 0 Å². The normalized spacial score (nSPS) is 11.3. The molecule has 31 heavy (non-hydrogen) atoms. The topological polar surface area (TPSA) is 60.7 Å². The summed E-state index contributed by atoms with van der Waals surface area (Å²) in [6.45, 7) is 4.63.